The quantitative estimate of drug-likeness (QED) is 0.929. The van der Waals surface area contributed by atoms with Gasteiger partial charge in [0.15, 0.2) is 0 Å². The van der Waals surface area contributed by atoms with Gasteiger partial charge in [-0.05, 0) is 31.5 Å². The van der Waals surface area contributed by atoms with Crippen LogP contribution in [0.5, 0.6) is 5.75 Å². The minimum absolute atomic E-state index is 0.00253. The SMILES string of the molecule is CC1CN(C(=O)NCc2cccc(OC(F)F)c2)CC(C)O1. The first kappa shape index (κ1) is 16.5. The van der Waals surface area contributed by atoms with Gasteiger partial charge in [-0.1, -0.05) is 12.1 Å². The number of carbonyl (C=O) groups is 1. The second-order valence-electron chi connectivity index (χ2n) is 5.35. The van der Waals surface area contributed by atoms with Crippen molar-refractivity contribution in [2.24, 2.45) is 0 Å². The summed E-state index contributed by atoms with van der Waals surface area (Å²) in [4.78, 5) is 13.8. The zero-order valence-electron chi connectivity index (χ0n) is 12.6. The molecule has 2 amide bonds. The Morgan fingerprint density at radius 3 is 2.73 bits per heavy atom. The van der Waals surface area contributed by atoms with Gasteiger partial charge in [-0.2, -0.15) is 8.78 Å². The number of alkyl halides is 2. The first-order valence-corrected chi connectivity index (χ1v) is 7.16. The van der Waals surface area contributed by atoms with E-state index in [2.05, 4.69) is 10.1 Å². The van der Waals surface area contributed by atoms with Crippen LogP contribution in [0.1, 0.15) is 19.4 Å². The maximum Gasteiger partial charge on any atom is 0.387 e. The van der Waals surface area contributed by atoms with Gasteiger partial charge in [0, 0.05) is 19.6 Å². The molecule has 7 heteroatoms. The molecule has 2 unspecified atom stereocenters. The zero-order chi connectivity index (χ0) is 16.1. The molecule has 1 N–H and O–H groups in total. The van der Waals surface area contributed by atoms with Crippen LogP contribution in [0, 0.1) is 0 Å². The van der Waals surface area contributed by atoms with Gasteiger partial charge in [-0.25, -0.2) is 4.79 Å². The van der Waals surface area contributed by atoms with Gasteiger partial charge in [0.25, 0.3) is 0 Å². The van der Waals surface area contributed by atoms with E-state index in [0.717, 1.165) is 0 Å². The van der Waals surface area contributed by atoms with Crippen molar-refractivity contribution in [2.75, 3.05) is 13.1 Å². The lowest BCUT2D eigenvalue weighted by Gasteiger charge is -2.35. The van der Waals surface area contributed by atoms with Crippen molar-refractivity contribution in [3.05, 3.63) is 29.8 Å². The second kappa shape index (κ2) is 7.40. The van der Waals surface area contributed by atoms with E-state index in [9.17, 15) is 13.6 Å². The molecule has 22 heavy (non-hydrogen) atoms. The highest BCUT2D eigenvalue weighted by Gasteiger charge is 2.25. The van der Waals surface area contributed by atoms with Gasteiger partial charge in [-0.15, -0.1) is 0 Å². The molecule has 5 nitrogen and oxygen atoms in total. The molecule has 0 aliphatic carbocycles. The van der Waals surface area contributed by atoms with Crippen LogP contribution in [0.2, 0.25) is 0 Å². The van der Waals surface area contributed by atoms with Gasteiger partial charge < -0.3 is 19.7 Å². The molecule has 1 aliphatic rings. The third-order valence-corrected chi connectivity index (χ3v) is 3.27. The summed E-state index contributed by atoms with van der Waals surface area (Å²) in [5.41, 5.74) is 0.695. The Balaban J connectivity index is 1.88. The molecule has 2 atom stereocenters. The normalized spacial score (nSPS) is 21.8. The largest absolute Gasteiger partial charge is 0.435 e. The molecular formula is C15H20F2N2O3. The molecule has 122 valence electrons. The molecule has 1 heterocycles. The minimum atomic E-state index is -2.86. The van der Waals surface area contributed by atoms with Gasteiger partial charge >= 0.3 is 12.6 Å². The van der Waals surface area contributed by atoms with E-state index in [-0.39, 0.29) is 30.5 Å². The lowest BCUT2D eigenvalue weighted by molar-refractivity contribution is -0.0545. The molecule has 1 aromatic carbocycles. The van der Waals surface area contributed by atoms with Gasteiger partial charge in [0.2, 0.25) is 0 Å². The predicted octanol–water partition coefficient (Wildman–Crippen LogP) is 2.61. The number of rotatable bonds is 4. The Kier molecular flexibility index (Phi) is 5.54. The summed E-state index contributed by atoms with van der Waals surface area (Å²) >= 11 is 0. The second-order valence-corrected chi connectivity index (χ2v) is 5.35. The number of hydrogen-bond acceptors (Lipinski definition) is 3. The van der Waals surface area contributed by atoms with Gasteiger partial charge in [-0.3, -0.25) is 0 Å². The van der Waals surface area contributed by atoms with Crippen LogP contribution in [0.15, 0.2) is 24.3 Å². The molecule has 0 bridgehead atoms. The van der Waals surface area contributed by atoms with Crippen molar-refractivity contribution in [2.45, 2.75) is 39.2 Å². The number of halogens is 2. The lowest BCUT2D eigenvalue weighted by atomic mass is 10.2. The topological polar surface area (TPSA) is 50.8 Å². The average molecular weight is 314 g/mol. The molecule has 0 spiro atoms. The summed E-state index contributed by atoms with van der Waals surface area (Å²) < 4.78 is 34.2. The Labute approximate surface area is 128 Å². The third-order valence-electron chi connectivity index (χ3n) is 3.27. The number of carbonyl (C=O) groups excluding carboxylic acids is 1. The summed E-state index contributed by atoms with van der Waals surface area (Å²) in [6.45, 7) is 2.29. The van der Waals surface area contributed by atoms with E-state index < -0.39 is 6.61 Å². The monoisotopic (exact) mass is 314 g/mol. The summed E-state index contributed by atoms with van der Waals surface area (Å²) in [6, 6.07) is 6.09. The number of nitrogens with one attached hydrogen (secondary N) is 1. The number of urea groups is 1. The Morgan fingerprint density at radius 2 is 2.09 bits per heavy atom. The number of hydrogen-bond donors (Lipinski definition) is 1. The molecule has 2 rings (SSSR count). The van der Waals surface area contributed by atoms with E-state index in [1.165, 1.54) is 12.1 Å². The van der Waals surface area contributed by atoms with Crippen LogP contribution < -0.4 is 10.1 Å². The Morgan fingerprint density at radius 1 is 1.41 bits per heavy atom. The number of benzene rings is 1. The van der Waals surface area contributed by atoms with Crippen molar-refractivity contribution in [3.63, 3.8) is 0 Å². The smallest absolute Gasteiger partial charge is 0.387 e. The molecule has 0 saturated carbocycles. The van der Waals surface area contributed by atoms with Crippen LogP contribution in [0.3, 0.4) is 0 Å². The van der Waals surface area contributed by atoms with Crippen LogP contribution in [-0.4, -0.2) is 42.8 Å². The maximum atomic E-state index is 12.2. The fourth-order valence-electron chi connectivity index (χ4n) is 2.46. The van der Waals surface area contributed by atoms with Crippen molar-refractivity contribution in [1.82, 2.24) is 10.2 Å². The molecule has 0 aromatic heterocycles. The first-order chi connectivity index (χ1) is 10.4. The summed E-state index contributed by atoms with van der Waals surface area (Å²) in [7, 11) is 0. The van der Waals surface area contributed by atoms with Crippen molar-refractivity contribution in [1.29, 1.82) is 0 Å². The van der Waals surface area contributed by atoms with Crippen LogP contribution in [-0.2, 0) is 11.3 Å². The summed E-state index contributed by atoms with van der Waals surface area (Å²) in [5.74, 6) is 0.0790. The van der Waals surface area contributed by atoms with E-state index in [1.54, 1.807) is 17.0 Å². The van der Waals surface area contributed by atoms with Crippen molar-refractivity contribution < 1.29 is 23.0 Å². The molecule has 1 saturated heterocycles. The first-order valence-electron chi connectivity index (χ1n) is 7.16. The Bertz CT molecular complexity index is 503. The summed E-state index contributed by atoms with van der Waals surface area (Å²) in [6.07, 6.45) is -0.00506. The highest BCUT2D eigenvalue weighted by molar-refractivity contribution is 5.74. The fraction of sp³-hybridized carbons (Fsp3) is 0.533. The summed E-state index contributed by atoms with van der Waals surface area (Å²) in [5, 5.41) is 2.78. The maximum absolute atomic E-state index is 12.2. The lowest BCUT2D eigenvalue weighted by Crippen LogP contribution is -2.51. The van der Waals surface area contributed by atoms with Crippen LogP contribution in [0.4, 0.5) is 13.6 Å². The zero-order valence-corrected chi connectivity index (χ0v) is 12.6. The van der Waals surface area contributed by atoms with Gasteiger partial charge in [0.1, 0.15) is 5.75 Å². The van der Waals surface area contributed by atoms with Crippen molar-refractivity contribution >= 4 is 6.03 Å². The number of nitrogens with zero attached hydrogens (tertiary/aromatic N) is 1. The fourth-order valence-corrected chi connectivity index (χ4v) is 2.46. The molecular weight excluding hydrogens is 294 g/mol. The standard InChI is InChI=1S/C15H20F2N2O3/c1-10-8-19(9-11(2)21-10)15(20)18-7-12-4-3-5-13(6-12)22-14(16)17/h3-6,10-11,14H,7-9H2,1-2H3,(H,18,20). The average Bonchev–Trinajstić information content (AvgIpc) is 2.43. The van der Waals surface area contributed by atoms with Crippen LogP contribution >= 0.6 is 0 Å². The van der Waals surface area contributed by atoms with Gasteiger partial charge in [0.05, 0.1) is 12.2 Å². The van der Waals surface area contributed by atoms with E-state index in [4.69, 9.17) is 4.74 Å². The van der Waals surface area contributed by atoms with Crippen molar-refractivity contribution in [3.8, 4) is 5.75 Å². The predicted molar refractivity (Wildman–Crippen MR) is 76.9 cm³/mol. The van der Waals surface area contributed by atoms with E-state index in [0.29, 0.717) is 18.7 Å². The number of morpholine rings is 1. The van der Waals surface area contributed by atoms with E-state index >= 15 is 0 Å². The Hall–Kier alpha value is -1.89. The minimum Gasteiger partial charge on any atom is -0.435 e. The highest BCUT2D eigenvalue weighted by atomic mass is 19.3. The van der Waals surface area contributed by atoms with E-state index in [1.807, 2.05) is 13.8 Å². The van der Waals surface area contributed by atoms with Crippen LogP contribution in [0.25, 0.3) is 0 Å². The molecule has 1 aromatic rings. The molecule has 1 aliphatic heterocycles. The molecule has 1 fully saturated rings. The molecule has 0 radical (unpaired) electrons. The highest BCUT2D eigenvalue weighted by Crippen LogP contribution is 2.16. The third kappa shape index (κ3) is 4.84. The number of amides is 2. The number of ether oxygens (including phenoxy) is 2.